The van der Waals surface area contributed by atoms with Crippen molar-refractivity contribution < 1.29 is 0 Å². The Kier molecular flexibility index (Phi) is 3.32. The number of aryl methyl sites for hydroxylation is 1. The molecule has 2 nitrogen and oxygen atoms in total. The van der Waals surface area contributed by atoms with Crippen LogP contribution in [0.15, 0.2) is 24.3 Å². The summed E-state index contributed by atoms with van der Waals surface area (Å²) < 4.78 is 0. The Morgan fingerprint density at radius 1 is 1.24 bits per heavy atom. The van der Waals surface area contributed by atoms with Crippen molar-refractivity contribution in [3.05, 3.63) is 35.5 Å². The molecule has 0 bridgehead atoms. The van der Waals surface area contributed by atoms with E-state index in [4.69, 9.17) is 0 Å². The first-order valence-electron chi connectivity index (χ1n) is 6.27. The molecule has 0 atom stereocenters. The maximum atomic E-state index is 4.66. The number of nitrogens with one attached hydrogen (secondary N) is 1. The minimum Gasteiger partial charge on any atom is -0.388 e. The van der Waals surface area contributed by atoms with E-state index in [9.17, 15) is 0 Å². The number of fused-ring (bicyclic) bond motifs is 1. The second-order valence-corrected chi connectivity index (χ2v) is 4.70. The molecule has 0 amide bonds. The van der Waals surface area contributed by atoms with Gasteiger partial charge in [-0.15, -0.1) is 0 Å². The Hall–Kier alpha value is -1.57. The van der Waals surface area contributed by atoms with Crippen LogP contribution in [0.1, 0.15) is 37.9 Å². The fraction of sp³-hybridized carbons (Fsp3) is 0.400. The van der Waals surface area contributed by atoms with Crippen LogP contribution in [0.5, 0.6) is 0 Å². The molecule has 90 valence electrons. The summed E-state index contributed by atoms with van der Waals surface area (Å²) in [6, 6.07) is 8.70. The third-order valence-electron chi connectivity index (χ3n) is 3.18. The molecule has 0 saturated heterocycles. The smallest absolute Gasteiger partial charge is 0.0726 e. The third-order valence-corrected chi connectivity index (χ3v) is 3.18. The van der Waals surface area contributed by atoms with Gasteiger partial charge in [-0.1, -0.05) is 26.8 Å². The highest BCUT2D eigenvalue weighted by molar-refractivity contribution is 5.92. The van der Waals surface area contributed by atoms with Crippen molar-refractivity contribution in [3.8, 4) is 0 Å². The fourth-order valence-electron chi connectivity index (χ4n) is 2.05. The molecule has 1 aromatic heterocycles. The van der Waals surface area contributed by atoms with E-state index in [2.05, 4.69) is 55.3 Å². The van der Waals surface area contributed by atoms with Gasteiger partial charge in [-0.05, 0) is 36.1 Å². The molecule has 0 aliphatic rings. The first-order valence-corrected chi connectivity index (χ1v) is 6.27. The molecular weight excluding hydrogens is 208 g/mol. The van der Waals surface area contributed by atoms with Gasteiger partial charge in [0.2, 0.25) is 0 Å². The Morgan fingerprint density at radius 2 is 2.00 bits per heavy atom. The Bertz CT molecular complexity index is 530. The molecule has 2 rings (SSSR count). The van der Waals surface area contributed by atoms with E-state index < -0.39 is 0 Å². The van der Waals surface area contributed by atoms with Crippen LogP contribution in [0.2, 0.25) is 0 Å². The quantitative estimate of drug-likeness (QED) is 0.860. The van der Waals surface area contributed by atoms with Crippen molar-refractivity contribution in [1.82, 2.24) is 4.98 Å². The average Bonchev–Trinajstić information content (AvgIpc) is 2.36. The Morgan fingerprint density at radius 3 is 2.59 bits per heavy atom. The lowest BCUT2D eigenvalue weighted by Gasteiger charge is -2.11. The van der Waals surface area contributed by atoms with Crippen LogP contribution in [0.3, 0.4) is 0 Å². The zero-order valence-electron chi connectivity index (χ0n) is 11.0. The van der Waals surface area contributed by atoms with Gasteiger partial charge in [-0.25, -0.2) is 0 Å². The summed E-state index contributed by atoms with van der Waals surface area (Å²) in [4.78, 5) is 4.66. The van der Waals surface area contributed by atoms with Gasteiger partial charge in [-0.3, -0.25) is 4.98 Å². The van der Waals surface area contributed by atoms with Crippen molar-refractivity contribution in [2.75, 3.05) is 12.4 Å². The van der Waals surface area contributed by atoms with Crippen LogP contribution < -0.4 is 5.32 Å². The van der Waals surface area contributed by atoms with Gasteiger partial charge >= 0.3 is 0 Å². The van der Waals surface area contributed by atoms with Crippen LogP contribution >= 0.6 is 0 Å². The minimum atomic E-state index is 0.551. The fourth-order valence-corrected chi connectivity index (χ4v) is 2.05. The Balaban J connectivity index is 2.67. The molecule has 1 aromatic carbocycles. The van der Waals surface area contributed by atoms with Gasteiger partial charge in [0, 0.05) is 23.8 Å². The lowest BCUT2D eigenvalue weighted by Crippen LogP contribution is -1.97. The summed E-state index contributed by atoms with van der Waals surface area (Å²) in [5.41, 5.74) is 4.76. The maximum Gasteiger partial charge on any atom is 0.0726 e. The normalized spacial score (nSPS) is 11.1. The summed E-state index contributed by atoms with van der Waals surface area (Å²) in [6.45, 7) is 6.57. The molecule has 2 aromatic rings. The lowest BCUT2D eigenvalue weighted by atomic mass is 10.00. The average molecular weight is 228 g/mol. The predicted molar refractivity (Wildman–Crippen MR) is 74.8 cm³/mol. The highest BCUT2D eigenvalue weighted by atomic mass is 14.8. The topological polar surface area (TPSA) is 24.9 Å². The van der Waals surface area contributed by atoms with E-state index in [1.807, 2.05) is 7.05 Å². The van der Waals surface area contributed by atoms with E-state index in [0.29, 0.717) is 5.92 Å². The molecule has 0 radical (unpaired) electrons. The van der Waals surface area contributed by atoms with Crippen molar-refractivity contribution in [1.29, 1.82) is 0 Å². The SMILES string of the molecule is CCc1cc(NC)c2cc(C(C)C)ccc2n1. The molecule has 0 fully saturated rings. The molecule has 2 heteroatoms. The van der Waals surface area contributed by atoms with Crippen LogP contribution in [0.4, 0.5) is 5.69 Å². The summed E-state index contributed by atoms with van der Waals surface area (Å²) in [6.07, 6.45) is 0.969. The summed E-state index contributed by atoms with van der Waals surface area (Å²) in [5.74, 6) is 0.551. The first-order chi connectivity index (χ1) is 8.15. The molecule has 0 spiro atoms. The van der Waals surface area contributed by atoms with Crippen molar-refractivity contribution in [3.63, 3.8) is 0 Å². The number of hydrogen-bond donors (Lipinski definition) is 1. The van der Waals surface area contributed by atoms with E-state index in [0.717, 1.165) is 17.6 Å². The number of hydrogen-bond acceptors (Lipinski definition) is 2. The number of aromatic nitrogens is 1. The number of benzene rings is 1. The van der Waals surface area contributed by atoms with Crippen molar-refractivity contribution in [2.24, 2.45) is 0 Å². The zero-order chi connectivity index (χ0) is 12.4. The van der Waals surface area contributed by atoms with E-state index in [1.165, 1.54) is 16.6 Å². The van der Waals surface area contributed by atoms with Crippen molar-refractivity contribution >= 4 is 16.6 Å². The summed E-state index contributed by atoms with van der Waals surface area (Å²) in [5, 5.41) is 4.49. The van der Waals surface area contributed by atoms with Gasteiger partial charge < -0.3 is 5.32 Å². The van der Waals surface area contributed by atoms with Gasteiger partial charge in [0.25, 0.3) is 0 Å². The van der Waals surface area contributed by atoms with Gasteiger partial charge in [0.1, 0.15) is 0 Å². The van der Waals surface area contributed by atoms with Crippen LogP contribution in [0.25, 0.3) is 10.9 Å². The van der Waals surface area contributed by atoms with Crippen molar-refractivity contribution in [2.45, 2.75) is 33.1 Å². The first kappa shape index (κ1) is 11.9. The van der Waals surface area contributed by atoms with Crippen LogP contribution in [-0.2, 0) is 6.42 Å². The maximum absolute atomic E-state index is 4.66. The Labute approximate surface area is 103 Å². The molecule has 0 aliphatic carbocycles. The minimum absolute atomic E-state index is 0.551. The van der Waals surface area contributed by atoms with Crippen LogP contribution in [0, 0.1) is 0 Å². The standard InChI is InChI=1S/C15H20N2/c1-5-12-9-15(16-4)13-8-11(10(2)3)6-7-14(13)17-12/h6-10H,5H2,1-4H3,(H,16,17). The van der Waals surface area contributed by atoms with Gasteiger partial charge in [0.15, 0.2) is 0 Å². The van der Waals surface area contributed by atoms with Crippen LogP contribution in [-0.4, -0.2) is 12.0 Å². The number of rotatable bonds is 3. The van der Waals surface area contributed by atoms with E-state index in [-0.39, 0.29) is 0 Å². The summed E-state index contributed by atoms with van der Waals surface area (Å²) in [7, 11) is 1.97. The molecule has 0 aliphatic heterocycles. The predicted octanol–water partition coefficient (Wildman–Crippen LogP) is 3.96. The molecule has 0 saturated carbocycles. The number of anilines is 1. The molecule has 17 heavy (non-hydrogen) atoms. The third kappa shape index (κ3) is 2.26. The van der Waals surface area contributed by atoms with E-state index >= 15 is 0 Å². The highest BCUT2D eigenvalue weighted by Crippen LogP contribution is 2.27. The molecule has 1 heterocycles. The van der Waals surface area contributed by atoms with E-state index in [1.54, 1.807) is 0 Å². The number of pyridine rings is 1. The highest BCUT2D eigenvalue weighted by Gasteiger charge is 2.06. The lowest BCUT2D eigenvalue weighted by molar-refractivity contribution is 0.868. The van der Waals surface area contributed by atoms with Gasteiger partial charge in [-0.2, -0.15) is 0 Å². The molecule has 1 N–H and O–H groups in total. The molecule has 0 unspecified atom stereocenters. The summed E-state index contributed by atoms with van der Waals surface area (Å²) >= 11 is 0. The molecular formula is C15H20N2. The zero-order valence-corrected chi connectivity index (χ0v) is 11.0. The largest absolute Gasteiger partial charge is 0.388 e. The second-order valence-electron chi connectivity index (χ2n) is 4.70. The number of nitrogens with zero attached hydrogens (tertiary/aromatic N) is 1. The monoisotopic (exact) mass is 228 g/mol. The second kappa shape index (κ2) is 4.74. The van der Waals surface area contributed by atoms with Gasteiger partial charge in [0.05, 0.1) is 5.52 Å².